The lowest BCUT2D eigenvalue weighted by molar-refractivity contribution is 0.227. The van der Waals surface area contributed by atoms with Crippen LogP contribution in [0.4, 0.5) is 0 Å². The highest BCUT2D eigenvalue weighted by atomic mass is 35.5. The second kappa shape index (κ2) is 6.80. The molecule has 0 unspecified atom stereocenters. The lowest BCUT2D eigenvalue weighted by Crippen LogP contribution is -1.97. The summed E-state index contributed by atoms with van der Waals surface area (Å²) in [5, 5.41) is 0. The maximum absolute atomic E-state index is 12.3. The van der Waals surface area contributed by atoms with Crippen LogP contribution in [-0.4, -0.2) is 13.2 Å². The van der Waals surface area contributed by atoms with E-state index in [4.69, 9.17) is 20.6 Å². The van der Waals surface area contributed by atoms with Crippen molar-refractivity contribution in [2.24, 2.45) is 5.92 Å². The quantitative estimate of drug-likeness (QED) is 0.663. The van der Waals surface area contributed by atoms with Gasteiger partial charge in [0.15, 0.2) is 0 Å². The van der Waals surface area contributed by atoms with Crippen LogP contribution < -0.4 is 0 Å². The minimum Gasteiger partial charge on any atom is -0.305 e. The molecule has 1 saturated carbocycles. The summed E-state index contributed by atoms with van der Waals surface area (Å²) in [6, 6.07) is 0. The summed E-state index contributed by atoms with van der Waals surface area (Å²) in [6.07, 6.45) is 6.54. The highest BCUT2D eigenvalue weighted by Crippen LogP contribution is 2.58. The second-order valence-corrected chi connectivity index (χ2v) is 6.53. The van der Waals surface area contributed by atoms with Crippen LogP contribution in [0, 0.1) is 5.92 Å². The van der Waals surface area contributed by atoms with E-state index >= 15 is 0 Å². The molecule has 1 aliphatic rings. The zero-order chi connectivity index (χ0) is 12.0. The summed E-state index contributed by atoms with van der Waals surface area (Å²) in [7, 11) is -3.24. The van der Waals surface area contributed by atoms with Crippen molar-refractivity contribution >= 4 is 19.2 Å². The van der Waals surface area contributed by atoms with Crippen molar-refractivity contribution in [2.75, 3.05) is 13.2 Å². The Morgan fingerprint density at radius 2 is 1.81 bits per heavy atom. The van der Waals surface area contributed by atoms with Gasteiger partial charge in [0, 0.05) is 0 Å². The van der Waals surface area contributed by atoms with Crippen molar-refractivity contribution in [3.63, 3.8) is 0 Å². The van der Waals surface area contributed by atoms with Crippen molar-refractivity contribution in [3.05, 3.63) is 10.8 Å². The molecule has 0 aromatic carbocycles. The fraction of sp³-hybridized carbons (Fsp3) is 0.818. The van der Waals surface area contributed by atoms with Crippen LogP contribution in [-0.2, 0) is 13.6 Å². The molecule has 16 heavy (non-hydrogen) atoms. The molecule has 0 aliphatic heterocycles. The molecule has 0 aromatic heterocycles. The summed E-state index contributed by atoms with van der Waals surface area (Å²) >= 11 is 6.07. The van der Waals surface area contributed by atoms with E-state index in [1.165, 1.54) is 12.8 Å². The monoisotopic (exact) mass is 266 g/mol. The van der Waals surface area contributed by atoms with Crippen LogP contribution in [0.1, 0.15) is 39.5 Å². The molecule has 0 radical (unpaired) electrons. The topological polar surface area (TPSA) is 35.5 Å². The predicted octanol–water partition coefficient (Wildman–Crippen LogP) is 4.52. The van der Waals surface area contributed by atoms with E-state index in [0.717, 1.165) is 12.8 Å². The minimum atomic E-state index is -3.24. The molecule has 3 nitrogen and oxygen atoms in total. The molecule has 1 aliphatic carbocycles. The van der Waals surface area contributed by atoms with Gasteiger partial charge in [-0.2, -0.15) is 0 Å². The average molecular weight is 267 g/mol. The van der Waals surface area contributed by atoms with Crippen LogP contribution in [0.5, 0.6) is 0 Å². The predicted molar refractivity (Wildman–Crippen MR) is 66.8 cm³/mol. The Balaban J connectivity index is 2.72. The Hall–Kier alpha value is 0.180. The summed E-state index contributed by atoms with van der Waals surface area (Å²) in [4.78, 5) is 0. The first kappa shape index (κ1) is 14.2. The van der Waals surface area contributed by atoms with Crippen LogP contribution >= 0.6 is 19.2 Å². The molecular weight excluding hydrogens is 247 g/mol. The van der Waals surface area contributed by atoms with Gasteiger partial charge in [-0.3, -0.25) is 4.57 Å². The molecule has 0 heterocycles. The Kier molecular flexibility index (Phi) is 6.06. The highest BCUT2D eigenvalue weighted by molar-refractivity contribution is 7.61. The van der Waals surface area contributed by atoms with Crippen molar-refractivity contribution in [2.45, 2.75) is 39.5 Å². The fourth-order valence-corrected chi connectivity index (χ4v) is 3.78. The van der Waals surface area contributed by atoms with Gasteiger partial charge in [0.25, 0.3) is 0 Å². The van der Waals surface area contributed by atoms with Gasteiger partial charge in [-0.05, 0) is 32.6 Å². The van der Waals surface area contributed by atoms with Crippen LogP contribution in [0.3, 0.4) is 0 Å². The lowest BCUT2D eigenvalue weighted by atomic mass is 10.1. The van der Waals surface area contributed by atoms with Crippen molar-refractivity contribution in [3.8, 4) is 0 Å². The van der Waals surface area contributed by atoms with E-state index in [1.54, 1.807) is 13.8 Å². The van der Waals surface area contributed by atoms with Gasteiger partial charge in [0.1, 0.15) is 4.77 Å². The summed E-state index contributed by atoms with van der Waals surface area (Å²) in [5.74, 6) is 0.432. The molecular formula is C11H20ClO3P. The molecule has 1 rings (SSSR count). The maximum Gasteiger partial charge on any atom is 0.372 e. The minimum absolute atomic E-state index is 0.253. The zero-order valence-electron chi connectivity index (χ0n) is 9.95. The van der Waals surface area contributed by atoms with Crippen molar-refractivity contribution in [1.29, 1.82) is 0 Å². The molecule has 0 aromatic rings. The highest BCUT2D eigenvalue weighted by Gasteiger charge is 2.29. The first-order valence-corrected chi connectivity index (χ1v) is 7.81. The number of hydrogen-bond donors (Lipinski definition) is 0. The van der Waals surface area contributed by atoms with Crippen LogP contribution in [0.2, 0.25) is 0 Å². The molecule has 0 amide bonds. The molecule has 94 valence electrons. The van der Waals surface area contributed by atoms with Gasteiger partial charge in [-0.25, -0.2) is 0 Å². The van der Waals surface area contributed by atoms with Crippen molar-refractivity contribution in [1.82, 2.24) is 0 Å². The largest absolute Gasteiger partial charge is 0.372 e. The third kappa shape index (κ3) is 3.89. The summed E-state index contributed by atoms with van der Waals surface area (Å²) in [6.45, 7) is 4.24. The van der Waals surface area contributed by atoms with E-state index in [1.807, 2.05) is 6.08 Å². The molecule has 0 bridgehead atoms. The van der Waals surface area contributed by atoms with Crippen LogP contribution in [0.15, 0.2) is 10.8 Å². The van der Waals surface area contributed by atoms with Gasteiger partial charge in [-0.1, -0.05) is 30.5 Å². The maximum atomic E-state index is 12.3. The first-order chi connectivity index (χ1) is 7.62. The fourth-order valence-electron chi connectivity index (χ4n) is 1.91. The summed E-state index contributed by atoms with van der Waals surface area (Å²) in [5.41, 5.74) is 0. The Morgan fingerprint density at radius 1 is 1.31 bits per heavy atom. The molecule has 0 N–H and O–H groups in total. The van der Waals surface area contributed by atoms with Crippen LogP contribution in [0.25, 0.3) is 0 Å². The second-order valence-electron chi connectivity index (χ2n) is 3.87. The van der Waals surface area contributed by atoms with E-state index < -0.39 is 7.60 Å². The molecule has 5 heteroatoms. The van der Waals surface area contributed by atoms with Gasteiger partial charge < -0.3 is 9.05 Å². The van der Waals surface area contributed by atoms with Gasteiger partial charge >= 0.3 is 7.60 Å². The van der Waals surface area contributed by atoms with E-state index in [-0.39, 0.29) is 4.77 Å². The Morgan fingerprint density at radius 3 is 2.25 bits per heavy atom. The number of allylic oxidation sites excluding steroid dienone is 1. The first-order valence-electron chi connectivity index (χ1n) is 5.89. The van der Waals surface area contributed by atoms with Gasteiger partial charge in [-0.15, -0.1) is 0 Å². The van der Waals surface area contributed by atoms with E-state index in [2.05, 4.69) is 0 Å². The SMILES string of the molecule is CCOP(=O)(OCC)/C(Cl)=C/C1CCCC1. The summed E-state index contributed by atoms with van der Waals surface area (Å²) < 4.78 is 22.9. The number of hydrogen-bond acceptors (Lipinski definition) is 3. The van der Waals surface area contributed by atoms with Crippen molar-refractivity contribution < 1.29 is 13.6 Å². The van der Waals surface area contributed by atoms with Gasteiger partial charge in [0.2, 0.25) is 0 Å². The van der Waals surface area contributed by atoms with E-state index in [0.29, 0.717) is 19.1 Å². The molecule has 0 spiro atoms. The number of halogens is 1. The Bertz CT molecular complexity index is 275. The average Bonchev–Trinajstić information content (AvgIpc) is 2.71. The lowest BCUT2D eigenvalue weighted by Gasteiger charge is -2.17. The Labute approximate surface area is 103 Å². The normalized spacial score (nSPS) is 19.3. The zero-order valence-corrected chi connectivity index (χ0v) is 11.6. The third-order valence-electron chi connectivity index (χ3n) is 2.63. The standard InChI is InChI=1S/C11H20ClO3P/c1-3-14-16(13,15-4-2)11(12)9-10-7-5-6-8-10/h9-10H,3-8H2,1-2H3/b11-9+. The van der Waals surface area contributed by atoms with Gasteiger partial charge in [0.05, 0.1) is 13.2 Å². The number of rotatable bonds is 6. The third-order valence-corrected chi connectivity index (χ3v) is 5.25. The van der Waals surface area contributed by atoms with E-state index in [9.17, 15) is 4.57 Å². The molecule has 0 atom stereocenters. The molecule has 1 fully saturated rings. The molecule has 0 saturated heterocycles. The smallest absolute Gasteiger partial charge is 0.305 e.